The number of hydrogen-bond acceptors (Lipinski definition) is 4. The van der Waals surface area contributed by atoms with Crippen molar-refractivity contribution < 1.29 is 47.6 Å². The maximum Gasteiger partial charge on any atom is 1.00 e. The molecule has 0 aliphatic heterocycles. The minimum Gasteiger partial charge on any atom is -0.748 e. The summed E-state index contributed by atoms with van der Waals surface area (Å²) in [5.41, 5.74) is 0. The average molecular weight is 443 g/mol. The van der Waals surface area contributed by atoms with Gasteiger partial charge in [-0.15, -0.1) is 0 Å². The van der Waals surface area contributed by atoms with Crippen molar-refractivity contribution in [2.24, 2.45) is 0 Å². The summed E-state index contributed by atoms with van der Waals surface area (Å²) >= 11 is 0. The molecule has 2 atom stereocenters. The van der Waals surface area contributed by atoms with Crippen LogP contribution in [0.1, 0.15) is 136 Å². The number of aliphatic hydroxyl groups is 1. The fraction of sp³-hybridized carbons (Fsp3) is 1.00. The van der Waals surface area contributed by atoms with Crippen molar-refractivity contribution in [1.82, 2.24) is 0 Å². The Labute approximate surface area is 204 Å². The fourth-order valence-corrected chi connectivity index (χ4v) is 4.74. The molecule has 29 heavy (non-hydrogen) atoms. The van der Waals surface area contributed by atoms with Gasteiger partial charge in [0, 0.05) is 5.25 Å². The Bertz CT molecular complexity index is 429. The average Bonchev–Trinajstić information content (AvgIpc) is 2.64. The molecule has 0 saturated carbocycles. The second-order valence-electron chi connectivity index (χ2n) is 8.52. The molecule has 0 aromatic heterocycles. The number of hydrogen-bond donors (Lipinski definition) is 1. The molecule has 0 aliphatic rings. The van der Waals surface area contributed by atoms with Crippen molar-refractivity contribution in [3.8, 4) is 0 Å². The van der Waals surface area contributed by atoms with Crippen LogP contribution in [0.15, 0.2) is 0 Å². The van der Waals surface area contributed by atoms with E-state index in [2.05, 4.69) is 13.8 Å². The molecule has 0 aromatic rings. The molecule has 170 valence electrons. The summed E-state index contributed by atoms with van der Waals surface area (Å²) in [6.45, 7) is 4.40. The summed E-state index contributed by atoms with van der Waals surface area (Å²) in [5.74, 6) is 0. The molecule has 0 heterocycles. The van der Waals surface area contributed by atoms with Gasteiger partial charge < -0.3 is 9.66 Å². The zero-order valence-electron chi connectivity index (χ0n) is 19.7. The van der Waals surface area contributed by atoms with Crippen LogP contribution < -0.4 is 29.6 Å². The second kappa shape index (κ2) is 22.1. The van der Waals surface area contributed by atoms with Gasteiger partial charge in [-0.05, 0) is 32.1 Å². The SMILES string of the molecule is CCCCCCCCCCC(O)CCCC(CCCCCCCC)S(=O)(=O)[O-].[Na+]. The molecule has 2 unspecified atom stereocenters. The van der Waals surface area contributed by atoms with Gasteiger partial charge in [0.15, 0.2) is 0 Å². The van der Waals surface area contributed by atoms with Crippen molar-refractivity contribution in [2.75, 3.05) is 0 Å². The summed E-state index contributed by atoms with van der Waals surface area (Å²) in [7, 11) is -4.23. The van der Waals surface area contributed by atoms with E-state index in [9.17, 15) is 18.1 Å². The van der Waals surface area contributed by atoms with Crippen LogP contribution in [-0.2, 0) is 10.1 Å². The molecular formula is C23H47NaO4S. The van der Waals surface area contributed by atoms with Crippen molar-refractivity contribution in [1.29, 1.82) is 0 Å². The van der Waals surface area contributed by atoms with Crippen LogP contribution in [0.25, 0.3) is 0 Å². The minimum atomic E-state index is -4.23. The Morgan fingerprint density at radius 1 is 0.621 bits per heavy atom. The third-order valence-electron chi connectivity index (χ3n) is 5.74. The molecule has 0 saturated heterocycles. The van der Waals surface area contributed by atoms with Gasteiger partial charge in [-0.2, -0.15) is 0 Å². The monoisotopic (exact) mass is 442 g/mol. The Kier molecular flexibility index (Phi) is 24.4. The molecule has 0 radical (unpaired) electrons. The van der Waals surface area contributed by atoms with Gasteiger partial charge in [0.05, 0.1) is 16.2 Å². The maximum absolute atomic E-state index is 11.5. The molecule has 0 bridgehead atoms. The van der Waals surface area contributed by atoms with Gasteiger partial charge in [-0.3, -0.25) is 0 Å². The van der Waals surface area contributed by atoms with Gasteiger partial charge >= 0.3 is 29.6 Å². The third kappa shape index (κ3) is 21.9. The largest absolute Gasteiger partial charge is 1.00 e. The first kappa shape index (κ1) is 32.1. The molecule has 6 heteroatoms. The van der Waals surface area contributed by atoms with E-state index in [0.717, 1.165) is 32.1 Å². The second-order valence-corrected chi connectivity index (χ2v) is 10.2. The standard InChI is InChI=1S/C23H48O4S.Na/c1-3-5-7-9-11-12-13-15-18-22(24)19-17-21-23(28(25,26)27)20-16-14-10-8-6-4-2;/h22-24H,3-21H2,1-2H3,(H,25,26,27);/q;+1/p-1. The van der Waals surface area contributed by atoms with E-state index in [1.165, 1.54) is 64.2 Å². The quantitative estimate of drug-likeness (QED) is 0.167. The van der Waals surface area contributed by atoms with Gasteiger partial charge in [-0.1, -0.05) is 104 Å². The first-order valence-corrected chi connectivity index (χ1v) is 13.5. The summed E-state index contributed by atoms with van der Waals surface area (Å²) in [5, 5.41) is 9.34. The molecule has 1 N–H and O–H groups in total. The van der Waals surface area contributed by atoms with Gasteiger partial charge in [0.1, 0.15) is 0 Å². The minimum absolute atomic E-state index is 0. The molecular weight excluding hydrogens is 395 g/mol. The van der Waals surface area contributed by atoms with Crippen LogP contribution >= 0.6 is 0 Å². The number of rotatable bonds is 21. The van der Waals surface area contributed by atoms with E-state index < -0.39 is 15.4 Å². The molecule has 0 spiro atoms. The predicted molar refractivity (Wildman–Crippen MR) is 119 cm³/mol. The Morgan fingerprint density at radius 2 is 0.966 bits per heavy atom. The van der Waals surface area contributed by atoms with Crippen LogP contribution in [0, 0.1) is 0 Å². The zero-order valence-corrected chi connectivity index (χ0v) is 22.5. The topological polar surface area (TPSA) is 77.4 Å². The summed E-state index contributed by atoms with van der Waals surface area (Å²) < 4.78 is 34.5. The van der Waals surface area contributed by atoms with E-state index in [1.807, 2.05) is 0 Å². The van der Waals surface area contributed by atoms with E-state index in [-0.39, 0.29) is 35.7 Å². The smallest absolute Gasteiger partial charge is 0.748 e. The summed E-state index contributed by atoms with van der Waals surface area (Å²) in [6, 6.07) is 0. The first-order chi connectivity index (χ1) is 13.4. The molecule has 4 nitrogen and oxygen atoms in total. The molecule has 0 rings (SSSR count). The Hall–Kier alpha value is 0.870. The van der Waals surface area contributed by atoms with Crippen molar-refractivity contribution >= 4 is 10.1 Å². The fourth-order valence-electron chi connectivity index (χ4n) is 3.82. The molecule has 0 amide bonds. The van der Waals surface area contributed by atoms with E-state index in [0.29, 0.717) is 25.7 Å². The Morgan fingerprint density at radius 3 is 1.41 bits per heavy atom. The van der Waals surface area contributed by atoms with Crippen molar-refractivity contribution in [3.05, 3.63) is 0 Å². The van der Waals surface area contributed by atoms with E-state index in [1.54, 1.807) is 0 Å². The van der Waals surface area contributed by atoms with Gasteiger partial charge in [0.2, 0.25) is 0 Å². The van der Waals surface area contributed by atoms with E-state index in [4.69, 9.17) is 0 Å². The molecule has 0 aromatic carbocycles. The predicted octanol–water partition coefficient (Wildman–Crippen LogP) is 3.72. The van der Waals surface area contributed by atoms with Crippen molar-refractivity contribution in [2.45, 2.75) is 147 Å². The summed E-state index contributed by atoms with van der Waals surface area (Å²) in [4.78, 5) is 0. The Balaban J connectivity index is 0. The van der Waals surface area contributed by atoms with Crippen LogP contribution in [0.4, 0.5) is 0 Å². The van der Waals surface area contributed by atoms with Crippen LogP contribution in [0.2, 0.25) is 0 Å². The van der Waals surface area contributed by atoms with Crippen LogP contribution in [-0.4, -0.2) is 29.4 Å². The van der Waals surface area contributed by atoms with Crippen LogP contribution in [0.5, 0.6) is 0 Å². The van der Waals surface area contributed by atoms with E-state index >= 15 is 0 Å². The molecule has 0 fully saturated rings. The normalized spacial score (nSPS) is 13.8. The number of aliphatic hydroxyl groups excluding tert-OH is 1. The van der Waals surface area contributed by atoms with Crippen molar-refractivity contribution in [3.63, 3.8) is 0 Å². The maximum atomic E-state index is 11.5. The van der Waals surface area contributed by atoms with Gasteiger partial charge in [0.25, 0.3) is 0 Å². The first-order valence-electron chi connectivity index (χ1n) is 12.0. The third-order valence-corrected chi connectivity index (χ3v) is 7.03. The zero-order chi connectivity index (χ0) is 21.1. The van der Waals surface area contributed by atoms with Gasteiger partial charge in [-0.25, -0.2) is 8.42 Å². The van der Waals surface area contributed by atoms with Crippen LogP contribution in [0.3, 0.4) is 0 Å². The summed E-state index contributed by atoms with van der Waals surface area (Å²) in [6.07, 6.45) is 19.1. The number of unbranched alkanes of at least 4 members (excludes halogenated alkanes) is 12. The molecule has 0 aliphatic carbocycles.